The Bertz CT molecular complexity index is 2970. The predicted molar refractivity (Wildman–Crippen MR) is 277 cm³/mol. The summed E-state index contributed by atoms with van der Waals surface area (Å²) < 4.78 is 1.99. The molecule has 69 heavy (non-hydrogen) atoms. The number of nitrogens with zero attached hydrogens (tertiary/aromatic N) is 5. The van der Waals surface area contributed by atoms with E-state index in [4.69, 9.17) is 63.0 Å². The van der Waals surface area contributed by atoms with Crippen molar-refractivity contribution in [3.63, 3.8) is 0 Å². The summed E-state index contributed by atoms with van der Waals surface area (Å²) in [5, 5.41) is 18.2. The zero-order chi connectivity index (χ0) is 48.9. The lowest BCUT2D eigenvalue weighted by atomic mass is 9.93. The number of piperidine rings is 1. The van der Waals surface area contributed by atoms with Gasteiger partial charge >= 0.3 is 0 Å². The molecule has 2 aromatic heterocycles. The summed E-state index contributed by atoms with van der Waals surface area (Å²) in [6.07, 6.45) is 4.84. The highest BCUT2D eigenvalue weighted by Crippen LogP contribution is 2.40. The number of aryl methyl sites for hydroxylation is 2. The van der Waals surface area contributed by atoms with Crippen molar-refractivity contribution in [3.8, 4) is 5.00 Å². The molecule has 17 heteroatoms. The molecule has 6 aromatic rings. The van der Waals surface area contributed by atoms with Crippen LogP contribution in [0.3, 0.4) is 0 Å². The van der Waals surface area contributed by atoms with Crippen LogP contribution in [-0.2, 0) is 25.6 Å². The first kappa shape index (κ1) is 50.0. The number of aldehydes is 1. The number of Topliss-reactive ketones (excluding diaryl/α,β-unsaturated/α-hetero) is 1. The molecule has 0 spiro atoms. The van der Waals surface area contributed by atoms with Crippen LogP contribution in [0.1, 0.15) is 68.8 Å². The van der Waals surface area contributed by atoms with Gasteiger partial charge in [-0.1, -0.05) is 113 Å². The van der Waals surface area contributed by atoms with Gasteiger partial charge in [-0.05, 0) is 104 Å². The van der Waals surface area contributed by atoms with E-state index >= 15 is 0 Å². The van der Waals surface area contributed by atoms with E-state index in [1.165, 1.54) is 0 Å². The third-order valence-electron chi connectivity index (χ3n) is 12.2. The van der Waals surface area contributed by atoms with Crippen molar-refractivity contribution in [2.45, 2.75) is 52.1 Å². The van der Waals surface area contributed by atoms with Crippen molar-refractivity contribution in [1.29, 1.82) is 0 Å². The molecule has 3 atom stereocenters. The topological polar surface area (TPSA) is 139 Å². The highest BCUT2D eigenvalue weighted by Gasteiger charge is 2.35. The average Bonchev–Trinajstić information content (AvgIpc) is 3.82. The zero-order valence-electron chi connectivity index (χ0n) is 37.7. The first-order valence-electron chi connectivity index (χ1n) is 22.2. The third-order valence-corrected chi connectivity index (χ3v) is 15.1. The van der Waals surface area contributed by atoms with Crippen LogP contribution in [0.5, 0.6) is 0 Å². The van der Waals surface area contributed by atoms with Gasteiger partial charge in [-0.2, -0.15) is 0 Å². The Morgan fingerprint density at radius 3 is 2.07 bits per heavy atom. The molecule has 4 heterocycles. The molecular formula is C52H46Cl5N7O4S. The summed E-state index contributed by atoms with van der Waals surface area (Å²) in [4.78, 5) is 63.2. The number of ketones is 1. The van der Waals surface area contributed by atoms with E-state index in [1.807, 2.05) is 66.1 Å². The summed E-state index contributed by atoms with van der Waals surface area (Å²) in [6.45, 7) is 6.40. The van der Waals surface area contributed by atoms with Gasteiger partial charge in [-0.15, -0.1) is 21.5 Å². The largest absolute Gasteiger partial charge is 0.356 e. The van der Waals surface area contributed by atoms with Crippen LogP contribution in [0.25, 0.3) is 17.2 Å². The van der Waals surface area contributed by atoms with E-state index in [-0.39, 0.29) is 50.2 Å². The van der Waals surface area contributed by atoms with Crippen molar-refractivity contribution >= 4 is 111 Å². The second-order valence-corrected chi connectivity index (χ2v) is 20.3. The number of halogens is 5. The lowest BCUT2D eigenvalue weighted by Gasteiger charge is -2.33. The maximum atomic E-state index is 14.8. The number of carbonyl (C=O) groups is 4. The maximum Gasteiger partial charge on any atom is 0.240 e. The minimum atomic E-state index is -0.783. The Labute approximate surface area is 429 Å². The molecule has 1 fully saturated rings. The van der Waals surface area contributed by atoms with E-state index in [0.717, 1.165) is 44.1 Å². The second kappa shape index (κ2) is 22.1. The Morgan fingerprint density at radius 2 is 1.46 bits per heavy atom. The van der Waals surface area contributed by atoms with E-state index < -0.39 is 18.0 Å². The number of aromatic nitrogens is 3. The van der Waals surface area contributed by atoms with Gasteiger partial charge in [0.05, 0.1) is 38.3 Å². The molecule has 8 rings (SSSR count). The highest BCUT2D eigenvalue weighted by molar-refractivity contribution is 7.15. The summed E-state index contributed by atoms with van der Waals surface area (Å²) in [7, 11) is 0. The standard InChI is InChI=1S/C52H46Cl5N7O4S/c1-29-30(2)69-52-47(29)48(36-11-13-39(53)14-12-36)60-44(50-62-61-31(3)64(50)52)24-46(66)58-18-17-35(28-65)25-59-45(23-32-7-5-4-6-8-32)51(68)63-26-37(19-33-9-15-40(54)42(56)21-33)49(67)38(27-63)20-34-10-16-41(55)43(57)22-34/h4-16,19-22,28,35,44-45,59H,17-18,23-27H2,1-3H3,(H,58,66)/b37-19+,38-20+/t35?,44-,45-/m0/s1. The van der Waals surface area contributed by atoms with Crippen LogP contribution >= 0.6 is 69.3 Å². The van der Waals surface area contributed by atoms with Crippen molar-refractivity contribution < 1.29 is 19.2 Å². The first-order valence-corrected chi connectivity index (χ1v) is 24.9. The van der Waals surface area contributed by atoms with Gasteiger partial charge in [0.25, 0.3) is 0 Å². The molecule has 2 amide bonds. The van der Waals surface area contributed by atoms with Crippen molar-refractivity contribution in [3.05, 3.63) is 177 Å². The maximum absolute atomic E-state index is 14.8. The summed E-state index contributed by atoms with van der Waals surface area (Å²) in [5.41, 5.74) is 6.57. The van der Waals surface area contributed by atoms with Gasteiger partial charge in [0.15, 0.2) is 11.6 Å². The fraction of sp³-hybridized carbons (Fsp3) is 0.250. The number of hydrogen-bond donors (Lipinski definition) is 2. The normalized spacial score (nSPS) is 16.7. The number of nitrogens with one attached hydrogen (secondary N) is 2. The van der Waals surface area contributed by atoms with E-state index in [0.29, 0.717) is 71.9 Å². The van der Waals surface area contributed by atoms with Crippen LogP contribution in [0.2, 0.25) is 25.1 Å². The van der Waals surface area contributed by atoms with Crippen LogP contribution in [0.4, 0.5) is 0 Å². The van der Waals surface area contributed by atoms with Gasteiger partial charge in [0.2, 0.25) is 11.8 Å². The van der Waals surface area contributed by atoms with Crippen LogP contribution < -0.4 is 10.6 Å². The first-order chi connectivity index (χ1) is 33.2. The molecule has 2 aliphatic heterocycles. The van der Waals surface area contributed by atoms with E-state index in [9.17, 15) is 19.2 Å². The number of carbonyl (C=O) groups excluding carboxylic acids is 4. The number of benzene rings is 4. The summed E-state index contributed by atoms with van der Waals surface area (Å²) in [6, 6.07) is 25.7. The fourth-order valence-corrected chi connectivity index (χ4v) is 10.4. The summed E-state index contributed by atoms with van der Waals surface area (Å²) >= 11 is 33.0. The number of rotatable bonds is 15. The van der Waals surface area contributed by atoms with Crippen molar-refractivity contribution in [2.75, 3.05) is 26.2 Å². The predicted octanol–water partition coefficient (Wildman–Crippen LogP) is 10.9. The molecule has 0 aliphatic carbocycles. The van der Waals surface area contributed by atoms with Crippen LogP contribution in [0.15, 0.2) is 107 Å². The molecule has 4 aromatic carbocycles. The lowest BCUT2D eigenvalue weighted by molar-refractivity contribution is -0.133. The average molecular weight is 1040 g/mol. The molecule has 1 saturated heterocycles. The smallest absolute Gasteiger partial charge is 0.240 e. The quantitative estimate of drug-likeness (QED) is 0.0771. The van der Waals surface area contributed by atoms with E-state index in [1.54, 1.807) is 64.8 Å². The lowest BCUT2D eigenvalue weighted by Crippen LogP contribution is -2.52. The van der Waals surface area contributed by atoms with Crippen molar-refractivity contribution in [1.82, 2.24) is 30.3 Å². The number of hydrogen-bond acceptors (Lipinski definition) is 9. The fourth-order valence-electron chi connectivity index (χ4n) is 8.41. The summed E-state index contributed by atoms with van der Waals surface area (Å²) in [5.74, 6) is -0.0916. The van der Waals surface area contributed by atoms with Gasteiger partial charge in [0.1, 0.15) is 23.2 Å². The van der Waals surface area contributed by atoms with Gasteiger partial charge < -0.3 is 20.3 Å². The Hall–Kier alpha value is -5.44. The van der Waals surface area contributed by atoms with E-state index in [2.05, 4.69) is 34.7 Å². The number of fused-ring (bicyclic) bond motifs is 3. The molecule has 2 N–H and O–H groups in total. The minimum Gasteiger partial charge on any atom is -0.356 e. The molecule has 0 radical (unpaired) electrons. The minimum absolute atomic E-state index is 0.0127. The Kier molecular flexibility index (Phi) is 16.0. The van der Waals surface area contributed by atoms with Gasteiger partial charge in [0, 0.05) is 64.3 Å². The number of likely N-dealkylation sites (tertiary alicyclic amines) is 1. The van der Waals surface area contributed by atoms with Crippen LogP contribution in [0, 0.1) is 26.7 Å². The third kappa shape index (κ3) is 11.6. The van der Waals surface area contributed by atoms with Crippen molar-refractivity contribution in [2.24, 2.45) is 10.9 Å². The van der Waals surface area contributed by atoms with Crippen LogP contribution in [-0.4, -0.2) is 81.5 Å². The molecule has 2 aliphatic rings. The molecule has 1 unspecified atom stereocenters. The Morgan fingerprint density at radius 1 is 0.826 bits per heavy atom. The number of thiophene rings is 1. The van der Waals surface area contributed by atoms with Gasteiger partial charge in [-0.3, -0.25) is 23.9 Å². The monoisotopic (exact) mass is 1040 g/mol. The molecule has 0 saturated carbocycles. The molecular weight excluding hydrogens is 996 g/mol. The second-order valence-electron chi connectivity index (χ2n) is 17.0. The number of amides is 2. The molecule has 354 valence electrons. The van der Waals surface area contributed by atoms with Gasteiger partial charge in [-0.25, -0.2) is 0 Å². The highest BCUT2D eigenvalue weighted by atomic mass is 35.5. The molecule has 11 nitrogen and oxygen atoms in total. The molecule has 0 bridgehead atoms. The number of aliphatic imine (C=N–C) groups is 1. The SMILES string of the molecule is Cc1sc2c(c1C)C(c1ccc(Cl)cc1)=N[C@@H](CC(=O)NCCC(C=O)CN[C@@H](Cc1ccccc1)C(=O)N1C/C(=C\c3ccc(Cl)c(Cl)c3)C(=O)/C(=C/c3ccc(Cl)c(Cl)c3)C1)c1nnc(C)n1-2. The Balaban J connectivity index is 0.984. The zero-order valence-corrected chi connectivity index (χ0v) is 42.3.